The smallest absolute Gasteiger partial charge is 0.383 e. The third kappa shape index (κ3) is 4.76. The molecule has 0 radical (unpaired) electrons. The monoisotopic (exact) mass is 443 g/mol. The Hall–Kier alpha value is -3.41. The molecular formula is C17H17ClF3N7O2. The number of aromatic amines is 1. The Labute approximate surface area is 174 Å². The molecule has 3 heterocycles. The number of likely N-dealkylation sites (N-methyl/N-ethyl adjacent to an activating group) is 1. The first-order chi connectivity index (χ1) is 13.7. The Kier molecular flexibility index (Phi) is 6.82. The summed E-state index contributed by atoms with van der Waals surface area (Å²) in [6.45, 7) is 1.65. The van der Waals surface area contributed by atoms with Gasteiger partial charge in [-0.05, 0) is 19.1 Å². The second-order valence-electron chi connectivity index (χ2n) is 6.03. The van der Waals surface area contributed by atoms with Crippen molar-refractivity contribution in [2.45, 2.75) is 19.6 Å². The fourth-order valence-corrected chi connectivity index (χ4v) is 2.58. The number of pyridine rings is 2. The van der Waals surface area contributed by atoms with Gasteiger partial charge in [0.1, 0.15) is 5.82 Å². The number of aromatic nitrogens is 4. The molecule has 3 rings (SSSR count). The van der Waals surface area contributed by atoms with Gasteiger partial charge in [-0.1, -0.05) is 0 Å². The highest BCUT2D eigenvalue weighted by atomic mass is 35.5. The fraction of sp³-hybridized carbons (Fsp3) is 0.235. The molecule has 0 aromatic carbocycles. The molecule has 0 saturated carbocycles. The zero-order valence-corrected chi connectivity index (χ0v) is 16.3. The molecule has 0 fully saturated rings. The quantitative estimate of drug-likeness (QED) is 0.531. The van der Waals surface area contributed by atoms with Gasteiger partial charge < -0.3 is 16.0 Å². The van der Waals surface area contributed by atoms with Gasteiger partial charge in [-0.15, -0.1) is 12.4 Å². The van der Waals surface area contributed by atoms with E-state index in [-0.39, 0.29) is 42.7 Å². The van der Waals surface area contributed by atoms with Crippen molar-refractivity contribution in [1.82, 2.24) is 25.1 Å². The van der Waals surface area contributed by atoms with Crippen molar-refractivity contribution < 1.29 is 22.8 Å². The minimum absolute atomic E-state index is 0. The van der Waals surface area contributed by atoms with Crippen molar-refractivity contribution in [3.63, 3.8) is 0 Å². The number of fused-ring (bicyclic) bond motifs is 1. The lowest BCUT2D eigenvalue weighted by Crippen LogP contribution is -2.39. The Bertz CT molecular complexity index is 1050. The summed E-state index contributed by atoms with van der Waals surface area (Å²) >= 11 is 0. The third-order valence-electron chi connectivity index (χ3n) is 4.13. The molecule has 3 aromatic rings. The van der Waals surface area contributed by atoms with Crippen molar-refractivity contribution >= 4 is 46.6 Å². The molecule has 30 heavy (non-hydrogen) atoms. The first-order valence-electron chi connectivity index (χ1n) is 8.40. The zero-order valence-electron chi connectivity index (χ0n) is 15.5. The largest absolute Gasteiger partial charge is 0.417 e. The molecule has 9 nitrogen and oxygen atoms in total. The van der Waals surface area contributed by atoms with Gasteiger partial charge in [0.2, 0.25) is 0 Å². The van der Waals surface area contributed by atoms with Crippen LogP contribution < -0.4 is 11.1 Å². The third-order valence-corrected chi connectivity index (χ3v) is 4.13. The van der Waals surface area contributed by atoms with Crippen LogP contribution in [0.4, 0.5) is 24.7 Å². The highest BCUT2D eigenvalue weighted by molar-refractivity contribution is 6.40. The van der Waals surface area contributed by atoms with Crippen LogP contribution >= 0.6 is 12.4 Å². The van der Waals surface area contributed by atoms with E-state index in [0.29, 0.717) is 17.1 Å². The fourth-order valence-electron chi connectivity index (χ4n) is 2.58. The summed E-state index contributed by atoms with van der Waals surface area (Å²) < 4.78 is 37.9. The number of carbonyl (C=O) groups is 2. The number of hydrogen-bond acceptors (Lipinski definition) is 6. The lowest BCUT2D eigenvalue weighted by molar-refractivity contribution is -0.143. The van der Waals surface area contributed by atoms with Crippen LogP contribution in [0, 0.1) is 0 Å². The van der Waals surface area contributed by atoms with Crippen LogP contribution in [0.3, 0.4) is 0 Å². The number of alkyl halides is 3. The van der Waals surface area contributed by atoms with Crippen molar-refractivity contribution in [1.29, 1.82) is 0 Å². The van der Waals surface area contributed by atoms with Gasteiger partial charge in [0.15, 0.2) is 0 Å². The van der Waals surface area contributed by atoms with Gasteiger partial charge in [0.05, 0.1) is 46.8 Å². The summed E-state index contributed by atoms with van der Waals surface area (Å²) in [6, 6.07) is 2.03. The number of nitrogens with two attached hydrogens (primary N) is 1. The molecule has 0 saturated heterocycles. The number of nitrogen functional groups attached to an aromatic ring is 1. The SMILES string of the molecule is CCN(Cc1ccc(C(F)(F)F)cn1)C(=O)C(=O)Nc1cnc(N)c2cn[nH]c12.Cl. The molecule has 0 aliphatic carbocycles. The molecule has 0 spiro atoms. The summed E-state index contributed by atoms with van der Waals surface area (Å²) in [6.07, 6.45) is -1.10. The molecular weight excluding hydrogens is 427 g/mol. The van der Waals surface area contributed by atoms with Crippen molar-refractivity contribution in [2.24, 2.45) is 0 Å². The number of rotatable bonds is 4. The van der Waals surface area contributed by atoms with Crippen LogP contribution in [0.15, 0.2) is 30.7 Å². The van der Waals surface area contributed by atoms with E-state index in [0.717, 1.165) is 17.0 Å². The first-order valence-corrected chi connectivity index (χ1v) is 8.40. The normalized spacial score (nSPS) is 11.1. The number of nitrogens with zero attached hydrogens (tertiary/aromatic N) is 4. The highest BCUT2D eigenvalue weighted by Gasteiger charge is 2.31. The van der Waals surface area contributed by atoms with E-state index in [9.17, 15) is 22.8 Å². The zero-order chi connectivity index (χ0) is 21.2. The maximum absolute atomic E-state index is 12.6. The van der Waals surface area contributed by atoms with Crippen LogP contribution in [0.25, 0.3) is 10.9 Å². The highest BCUT2D eigenvalue weighted by Crippen LogP contribution is 2.28. The van der Waals surface area contributed by atoms with Crippen LogP contribution in [-0.2, 0) is 22.3 Å². The van der Waals surface area contributed by atoms with Crippen molar-refractivity contribution in [3.8, 4) is 0 Å². The number of anilines is 2. The molecule has 4 N–H and O–H groups in total. The molecule has 0 aliphatic heterocycles. The Morgan fingerprint density at radius 1 is 1.20 bits per heavy atom. The van der Waals surface area contributed by atoms with E-state index in [1.54, 1.807) is 6.92 Å². The molecule has 3 aromatic heterocycles. The topological polar surface area (TPSA) is 130 Å². The maximum Gasteiger partial charge on any atom is 0.417 e. The number of hydrogen-bond donors (Lipinski definition) is 3. The van der Waals surface area contributed by atoms with Crippen molar-refractivity contribution in [3.05, 3.63) is 42.0 Å². The number of nitrogens with one attached hydrogen (secondary N) is 2. The minimum Gasteiger partial charge on any atom is -0.383 e. The molecule has 0 unspecified atom stereocenters. The molecule has 0 aliphatic rings. The van der Waals surface area contributed by atoms with Crippen LogP contribution in [0.5, 0.6) is 0 Å². The van der Waals surface area contributed by atoms with E-state index < -0.39 is 23.6 Å². The molecule has 13 heteroatoms. The Morgan fingerprint density at radius 2 is 1.93 bits per heavy atom. The lowest BCUT2D eigenvalue weighted by atomic mass is 10.2. The Morgan fingerprint density at radius 3 is 2.53 bits per heavy atom. The van der Waals surface area contributed by atoms with E-state index in [1.165, 1.54) is 12.4 Å². The average molecular weight is 444 g/mol. The predicted octanol–water partition coefficient (Wildman–Crippen LogP) is 2.36. The molecule has 0 bridgehead atoms. The van der Waals surface area contributed by atoms with E-state index in [2.05, 4.69) is 25.5 Å². The summed E-state index contributed by atoms with van der Waals surface area (Å²) in [5, 5.41) is 9.41. The second-order valence-corrected chi connectivity index (χ2v) is 6.03. The molecule has 2 amide bonds. The van der Waals surface area contributed by atoms with Gasteiger partial charge in [0, 0.05) is 12.7 Å². The van der Waals surface area contributed by atoms with E-state index in [1.807, 2.05) is 0 Å². The van der Waals surface area contributed by atoms with E-state index in [4.69, 9.17) is 5.73 Å². The standard InChI is InChI=1S/C17H16F3N7O2.ClH/c1-2-27(8-10-4-3-9(5-22-10)17(18,19)20)16(29)15(28)25-12-7-23-14(21)11-6-24-26-13(11)12;/h3-7H,2,8H2,1H3,(H2,21,23)(H,24,26)(H,25,28);1H. The maximum atomic E-state index is 12.6. The van der Waals surface area contributed by atoms with Crippen molar-refractivity contribution in [2.75, 3.05) is 17.6 Å². The second kappa shape index (κ2) is 8.95. The predicted molar refractivity (Wildman–Crippen MR) is 105 cm³/mol. The van der Waals surface area contributed by atoms with Gasteiger partial charge in [-0.25, -0.2) is 4.98 Å². The van der Waals surface area contributed by atoms with Gasteiger partial charge in [0.25, 0.3) is 0 Å². The first kappa shape index (κ1) is 22.9. The molecule has 160 valence electrons. The minimum atomic E-state index is -4.50. The number of carbonyl (C=O) groups excluding carboxylic acids is 2. The van der Waals surface area contributed by atoms with E-state index >= 15 is 0 Å². The lowest BCUT2D eigenvalue weighted by Gasteiger charge is -2.20. The van der Waals surface area contributed by atoms with Gasteiger partial charge >= 0.3 is 18.0 Å². The average Bonchev–Trinajstić information content (AvgIpc) is 3.18. The van der Waals surface area contributed by atoms with Gasteiger partial charge in [-0.2, -0.15) is 18.3 Å². The molecule has 0 atom stereocenters. The summed E-state index contributed by atoms with van der Waals surface area (Å²) in [7, 11) is 0. The summed E-state index contributed by atoms with van der Waals surface area (Å²) in [5.41, 5.74) is 5.66. The Balaban J connectivity index is 0.00000320. The summed E-state index contributed by atoms with van der Waals surface area (Å²) in [5.74, 6) is -1.61. The van der Waals surface area contributed by atoms with Gasteiger partial charge in [-0.3, -0.25) is 19.7 Å². The van der Waals surface area contributed by atoms with Crippen LogP contribution in [0.2, 0.25) is 0 Å². The number of halogens is 4. The van der Waals surface area contributed by atoms with Crippen LogP contribution in [0.1, 0.15) is 18.2 Å². The summed E-state index contributed by atoms with van der Waals surface area (Å²) in [4.78, 5) is 33.7. The number of H-pyrrole nitrogens is 1. The van der Waals surface area contributed by atoms with Crippen LogP contribution in [-0.4, -0.2) is 43.4 Å². The number of amides is 2.